The van der Waals surface area contributed by atoms with E-state index in [-0.39, 0.29) is 0 Å². The van der Waals surface area contributed by atoms with Crippen molar-refractivity contribution in [2.45, 2.75) is 19.3 Å². The summed E-state index contributed by atoms with van der Waals surface area (Å²) in [4.78, 5) is 0. The summed E-state index contributed by atoms with van der Waals surface area (Å²) in [5, 5.41) is 6.60. The van der Waals surface area contributed by atoms with Crippen LogP contribution in [0.3, 0.4) is 0 Å². The number of H-pyrrole nitrogens is 1. The maximum Gasteiger partial charge on any atom is 0.225 e. The van der Waals surface area contributed by atoms with Crippen LogP contribution in [-0.2, 0) is 12.8 Å². The molecular weight excluding hydrogens is 220 g/mol. The molecule has 0 saturated carbocycles. The number of rotatable bonds is 1. The number of nitrogens with one attached hydrogen (secondary N) is 1. The van der Waals surface area contributed by atoms with Crippen LogP contribution in [0.1, 0.15) is 17.5 Å². The molecule has 0 aliphatic heterocycles. The minimum Gasteiger partial charge on any atom is -0.368 e. The number of aromatic nitrogens is 3. The summed E-state index contributed by atoms with van der Waals surface area (Å²) in [5.41, 5.74) is 9.61. The van der Waals surface area contributed by atoms with Crippen LogP contribution >= 0.6 is 12.2 Å². The molecule has 0 spiro atoms. The van der Waals surface area contributed by atoms with Gasteiger partial charge in [0, 0.05) is 0 Å². The highest BCUT2D eigenvalue weighted by molar-refractivity contribution is 7.71. The highest BCUT2D eigenvalue weighted by Crippen LogP contribution is 2.25. The van der Waals surface area contributed by atoms with Gasteiger partial charge in [-0.2, -0.15) is 0 Å². The summed E-state index contributed by atoms with van der Waals surface area (Å²) in [6.07, 6.45) is 3.57. The summed E-state index contributed by atoms with van der Waals surface area (Å²) in [6, 6.07) is 6.36. The Balaban J connectivity index is 2.18. The van der Waals surface area contributed by atoms with Crippen molar-refractivity contribution in [3.63, 3.8) is 0 Å². The lowest BCUT2D eigenvalue weighted by molar-refractivity contribution is 0.911. The fourth-order valence-electron chi connectivity index (χ4n) is 2.26. The average Bonchev–Trinajstić information content (AvgIpc) is 2.85. The normalized spacial score (nSPS) is 14.0. The summed E-state index contributed by atoms with van der Waals surface area (Å²) in [7, 11) is 0. The molecule has 4 nitrogen and oxygen atoms in total. The van der Waals surface area contributed by atoms with Gasteiger partial charge in [-0.1, -0.05) is 6.07 Å². The second-order valence-electron chi connectivity index (χ2n) is 4.03. The molecule has 16 heavy (non-hydrogen) atoms. The van der Waals surface area contributed by atoms with Gasteiger partial charge >= 0.3 is 0 Å². The third kappa shape index (κ3) is 1.36. The molecule has 1 aliphatic rings. The quantitative estimate of drug-likeness (QED) is 0.739. The Kier molecular flexibility index (Phi) is 2.07. The van der Waals surface area contributed by atoms with Crippen molar-refractivity contribution in [2.24, 2.45) is 0 Å². The van der Waals surface area contributed by atoms with Crippen molar-refractivity contribution < 1.29 is 0 Å². The topological polar surface area (TPSA) is 59.6 Å². The molecule has 2 aromatic rings. The predicted molar refractivity (Wildman–Crippen MR) is 65.2 cm³/mol. The lowest BCUT2D eigenvalue weighted by Gasteiger charge is -2.06. The van der Waals surface area contributed by atoms with E-state index in [2.05, 4.69) is 22.3 Å². The Morgan fingerprint density at radius 2 is 2.12 bits per heavy atom. The highest BCUT2D eigenvalue weighted by atomic mass is 32.1. The number of hydrogen-bond donors (Lipinski definition) is 2. The van der Waals surface area contributed by atoms with Crippen molar-refractivity contribution in [3.05, 3.63) is 34.1 Å². The Morgan fingerprint density at radius 1 is 1.31 bits per heavy atom. The van der Waals surface area contributed by atoms with Gasteiger partial charge in [-0.3, -0.25) is 4.57 Å². The van der Waals surface area contributed by atoms with Crippen LogP contribution < -0.4 is 5.73 Å². The van der Waals surface area contributed by atoms with Crippen molar-refractivity contribution in [1.82, 2.24) is 14.8 Å². The minimum absolute atomic E-state index is 0.406. The zero-order valence-electron chi connectivity index (χ0n) is 8.73. The largest absolute Gasteiger partial charge is 0.368 e. The lowest BCUT2D eigenvalue weighted by Crippen LogP contribution is -2.01. The zero-order chi connectivity index (χ0) is 11.1. The molecule has 0 atom stereocenters. The molecule has 1 heterocycles. The Labute approximate surface area is 98.1 Å². The Bertz CT molecular complexity index is 596. The molecule has 1 aromatic carbocycles. The standard InChI is InChI=1S/C11H12N4S/c12-10-13-14-11(16)15(10)9-5-4-7-2-1-3-8(7)6-9/h4-6H,1-3H2,(H2,12,13)(H,14,16). The maximum atomic E-state index is 5.77. The first kappa shape index (κ1) is 9.59. The number of nitrogens with zero attached hydrogens (tertiary/aromatic N) is 2. The first-order valence-electron chi connectivity index (χ1n) is 5.31. The molecule has 0 unspecified atom stereocenters. The van der Waals surface area contributed by atoms with Crippen LogP contribution in [0.4, 0.5) is 5.95 Å². The van der Waals surface area contributed by atoms with E-state index in [1.165, 1.54) is 24.0 Å². The van der Waals surface area contributed by atoms with E-state index in [4.69, 9.17) is 18.0 Å². The summed E-state index contributed by atoms with van der Waals surface area (Å²) in [6.45, 7) is 0. The van der Waals surface area contributed by atoms with Crippen molar-refractivity contribution in [1.29, 1.82) is 0 Å². The molecule has 1 aliphatic carbocycles. The number of nitrogens with two attached hydrogens (primary N) is 1. The molecule has 3 rings (SSSR count). The minimum atomic E-state index is 0.406. The van der Waals surface area contributed by atoms with Crippen LogP contribution in [0, 0.1) is 4.77 Å². The number of benzene rings is 1. The SMILES string of the molecule is Nc1n[nH]c(=S)n1-c1ccc2c(c1)CCC2. The summed E-state index contributed by atoms with van der Waals surface area (Å²) >= 11 is 5.15. The molecule has 82 valence electrons. The number of nitrogen functional groups attached to an aromatic ring is 1. The van der Waals surface area contributed by atoms with Gasteiger partial charge in [0.1, 0.15) is 0 Å². The second-order valence-corrected chi connectivity index (χ2v) is 4.42. The van der Waals surface area contributed by atoms with E-state index < -0.39 is 0 Å². The van der Waals surface area contributed by atoms with E-state index in [1.54, 1.807) is 4.57 Å². The molecule has 5 heteroatoms. The fraction of sp³-hybridized carbons (Fsp3) is 0.273. The first-order chi connectivity index (χ1) is 7.75. The highest BCUT2D eigenvalue weighted by Gasteiger charge is 2.12. The van der Waals surface area contributed by atoms with Crippen LogP contribution in [0.2, 0.25) is 0 Å². The number of aromatic amines is 1. The molecule has 0 radical (unpaired) electrons. The molecule has 3 N–H and O–H groups in total. The number of hydrogen-bond acceptors (Lipinski definition) is 3. The average molecular weight is 232 g/mol. The molecule has 0 bridgehead atoms. The molecular formula is C11H12N4S. The van der Waals surface area contributed by atoms with Gasteiger partial charge in [-0.25, -0.2) is 5.10 Å². The van der Waals surface area contributed by atoms with Gasteiger partial charge in [0.15, 0.2) is 0 Å². The fourth-order valence-corrected chi connectivity index (χ4v) is 2.50. The van der Waals surface area contributed by atoms with E-state index in [0.717, 1.165) is 12.1 Å². The molecule has 1 aromatic heterocycles. The summed E-state index contributed by atoms with van der Waals surface area (Å²) < 4.78 is 2.30. The monoisotopic (exact) mass is 232 g/mol. The molecule has 0 fully saturated rings. The van der Waals surface area contributed by atoms with E-state index in [0.29, 0.717) is 10.7 Å². The zero-order valence-corrected chi connectivity index (χ0v) is 9.55. The molecule has 0 saturated heterocycles. The first-order valence-corrected chi connectivity index (χ1v) is 5.71. The van der Waals surface area contributed by atoms with Gasteiger partial charge in [0.2, 0.25) is 10.7 Å². The summed E-state index contributed by atoms with van der Waals surface area (Å²) in [5.74, 6) is 0.406. The van der Waals surface area contributed by atoms with Crippen molar-refractivity contribution in [2.75, 3.05) is 5.73 Å². The third-order valence-electron chi connectivity index (χ3n) is 3.04. The van der Waals surface area contributed by atoms with Crippen molar-refractivity contribution in [3.8, 4) is 5.69 Å². The van der Waals surface area contributed by atoms with Gasteiger partial charge in [-0.15, -0.1) is 5.10 Å². The number of fused-ring (bicyclic) bond motifs is 1. The van der Waals surface area contributed by atoms with Crippen LogP contribution in [-0.4, -0.2) is 14.8 Å². The van der Waals surface area contributed by atoms with Crippen LogP contribution in [0.5, 0.6) is 0 Å². The number of anilines is 1. The van der Waals surface area contributed by atoms with Gasteiger partial charge < -0.3 is 5.73 Å². The van der Waals surface area contributed by atoms with Gasteiger partial charge in [-0.05, 0) is 54.7 Å². The van der Waals surface area contributed by atoms with Gasteiger partial charge in [0.05, 0.1) is 5.69 Å². The van der Waals surface area contributed by atoms with E-state index in [1.807, 2.05) is 6.07 Å². The smallest absolute Gasteiger partial charge is 0.225 e. The second kappa shape index (κ2) is 3.45. The maximum absolute atomic E-state index is 5.77. The Hall–Kier alpha value is -1.62. The molecule has 0 amide bonds. The van der Waals surface area contributed by atoms with Crippen molar-refractivity contribution >= 4 is 18.2 Å². The third-order valence-corrected chi connectivity index (χ3v) is 3.31. The van der Waals surface area contributed by atoms with Gasteiger partial charge in [0.25, 0.3) is 0 Å². The van der Waals surface area contributed by atoms with Crippen LogP contribution in [0.25, 0.3) is 5.69 Å². The van der Waals surface area contributed by atoms with E-state index >= 15 is 0 Å². The number of aryl methyl sites for hydroxylation is 2. The Morgan fingerprint density at radius 3 is 2.88 bits per heavy atom. The van der Waals surface area contributed by atoms with Crippen LogP contribution in [0.15, 0.2) is 18.2 Å². The van der Waals surface area contributed by atoms with E-state index in [9.17, 15) is 0 Å². The predicted octanol–water partition coefficient (Wildman–Crippen LogP) is 2.00. The lowest BCUT2D eigenvalue weighted by atomic mass is 10.1.